The zero-order valence-corrected chi connectivity index (χ0v) is 10.6. The Bertz CT molecular complexity index is 231. The minimum absolute atomic E-state index is 0.833. The number of nitrogens with one attached hydrogen (secondary N) is 1. The molecule has 1 N–H and O–H groups in total. The Morgan fingerprint density at radius 3 is 2.33 bits per heavy atom. The Hall–Kier alpha value is -0.820. The largest absolute Gasteiger partial charge is 0.312 e. The third kappa shape index (κ3) is 7.15. The first-order chi connectivity index (χ1) is 7.11. The highest BCUT2D eigenvalue weighted by Crippen LogP contribution is 2.16. The summed E-state index contributed by atoms with van der Waals surface area (Å²) in [6.45, 7) is 14.4. The summed E-state index contributed by atoms with van der Waals surface area (Å²) in [7, 11) is 0. The van der Waals surface area contributed by atoms with Gasteiger partial charge < -0.3 is 5.32 Å². The molecule has 0 aromatic carbocycles. The fourth-order valence-electron chi connectivity index (χ4n) is 1.34. The Morgan fingerprint density at radius 1 is 1.27 bits per heavy atom. The molecule has 1 rings (SSSR count). The fraction of sp³-hybridized carbons (Fsp3) is 0.571. The van der Waals surface area contributed by atoms with Crippen molar-refractivity contribution in [1.82, 2.24) is 5.32 Å². The maximum Gasteiger partial charge on any atom is 0.0205 e. The van der Waals surface area contributed by atoms with Gasteiger partial charge in [-0.3, -0.25) is 0 Å². The SMILES string of the molecule is C=C/C=C1/CCNC/C1=C/C.CC(C)C. The molecule has 0 unspecified atom stereocenters. The van der Waals surface area contributed by atoms with Crippen LogP contribution < -0.4 is 5.32 Å². The van der Waals surface area contributed by atoms with Crippen molar-refractivity contribution in [3.8, 4) is 0 Å². The summed E-state index contributed by atoms with van der Waals surface area (Å²) in [4.78, 5) is 0. The molecule has 0 radical (unpaired) electrons. The number of rotatable bonds is 1. The van der Waals surface area contributed by atoms with E-state index in [0.29, 0.717) is 0 Å². The van der Waals surface area contributed by atoms with Gasteiger partial charge >= 0.3 is 0 Å². The zero-order chi connectivity index (χ0) is 11.7. The highest BCUT2D eigenvalue weighted by atomic mass is 14.9. The third-order valence-corrected chi connectivity index (χ3v) is 1.97. The van der Waals surface area contributed by atoms with Gasteiger partial charge in [-0.15, -0.1) is 0 Å². The van der Waals surface area contributed by atoms with Crippen molar-refractivity contribution < 1.29 is 0 Å². The van der Waals surface area contributed by atoms with Crippen molar-refractivity contribution in [3.63, 3.8) is 0 Å². The first kappa shape index (κ1) is 14.2. The number of allylic oxidation sites excluding steroid dienone is 3. The molecule has 1 aliphatic rings. The van der Waals surface area contributed by atoms with Gasteiger partial charge in [-0.2, -0.15) is 0 Å². The van der Waals surface area contributed by atoms with Crippen LogP contribution in [0.4, 0.5) is 0 Å². The lowest BCUT2D eigenvalue weighted by Gasteiger charge is -2.18. The predicted octanol–water partition coefficient (Wildman–Crippen LogP) is 3.70. The molecule has 1 nitrogen and oxygen atoms in total. The first-order valence-corrected chi connectivity index (χ1v) is 5.79. The molecule has 1 saturated heterocycles. The molecule has 0 aliphatic carbocycles. The second kappa shape index (κ2) is 8.49. The van der Waals surface area contributed by atoms with Gasteiger partial charge in [-0.25, -0.2) is 0 Å². The van der Waals surface area contributed by atoms with Crippen molar-refractivity contribution >= 4 is 0 Å². The second-order valence-corrected chi connectivity index (χ2v) is 4.40. The van der Waals surface area contributed by atoms with Crippen LogP contribution in [0.15, 0.2) is 36.0 Å². The van der Waals surface area contributed by atoms with E-state index < -0.39 is 0 Å². The van der Waals surface area contributed by atoms with E-state index in [1.165, 1.54) is 11.1 Å². The first-order valence-electron chi connectivity index (χ1n) is 5.79. The Morgan fingerprint density at radius 2 is 1.87 bits per heavy atom. The molecule has 1 fully saturated rings. The van der Waals surface area contributed by atoms with Gasteiger partial charge in [-0.05, 0) is 37.0 Å². The summed E-state index contributed by atoms with van der Waals surface area (Å²) in [6.07, 6.45) is 7.27. The number of hydrogen-bond donors (Lipinski definition) is 1. The average Bonchev–Trinajstić information content (AvgIpc) is 2.18. The summed E-state index contributed by atoms with van der Waals surface area (Å²) >= 11 is 0. The van der Waals surface area contributed by atoms with Crippen LogP contribution >= 0.6 is 0 Å². The van der Waals surface area contributed by atoms with E-state index in [1.54, 1.807) is 0 Å². The van der Waals surface area contributed by atoms with E-state index in [9.17, 15) is 0 Å². The van der Waals surface area contributed by atoms with Gasteiger partial charge in [0, 0.05) is 6.54 Å². The second-order valence-electron chi connectivity index (χ2n) is 4.40. The molecule has 0 bridgehead atoms. The predicted molar refractivity (Wildman–Crippen MR) is 70.0 cm³/mol. The van der Waals surface area contributed by atoms with E-state index in [2.05, 4.69) is 51.7 Å². The molecular weight excluding hydrogens is 182 g/mol. The topological polar surface area (TPSA) is 12.0 Å². The monoisotopic (exact) mass is 207 g/mol. The van der Waals surface area contributed by atoms with Crippen LogP contribution in [-0.4, -0.2) is 13.1 Å². The molecule has 1 heterocycles. The van der Waals surface area contributed by atoms with E-state index in [1.807, 2.05) is 6.08 Å². The van der Waals surface area contributed by atoms with Crippen molar-refractivity contribution in [2.24, 2.45) is 5.92 Å². The lowest BCUT2D eigenvalue weighted by Crippen LogP contribution is -2.25. The molecule has 0 saturated carbocycles. The van der Waals surface area contributed by atoms with E-state index in [4.69, 9.17) is 0 Å². The maximum atomic E-state index is 3.70. The molecular formula is C14H25N. The quantitative estimate of drug-likeness (QED) is 0.691. The van der Waals surface area contributed by atoms with Crippen LogP contribution in [-0.2, 0) is 0 Å². The van der Waals surface area contributed by atoms with Crippen LogP contribution in [0.1, 0.15) is 34.1 Å². The van der Waals surface area contributed by atoms with Gasteiger partial charge in [-0.1, -0.05) is 45.6 Å². The normalized spacial score (nSPS) is 21.4. The Balaban J connectivity index is 0.000000423. The van der Waals surface area contributed by atoms with E-state index in [-0.39, 0.29) is 0 Å². The smallest absolute Gasteiger partial charge is 0.0205 e. The summed E-state index contributed by atoms with van der Waals surface area (Å²) in [5, 5.41) is 3.33. The number of hydrogen-bond acceptors (Lipinski definition) is 1. The van der Waals surface area contributed by atoms with Crippen LogP contribution in [0.25, 0.3) is 0 Å². The Labute approximate surface area is 95.0 Å². The van der Waals surface area contributed by atoms with Gasteiger partial charge in [0.15, 0.2) is 0 Å². The summed E-state index contributed by atoms with van der Waals surface area (Å²) in [5.74, 6) is 0.833. The zero-order valence-electron chi connectivity index (χ0n) is 10.6. The lowest BCUT2D eigenvalue weighted by molar-refractivity contribution is 0.682. The highest BCUT2D eigenvalue weighted by molar-refractivity contribution is 5.35. The standard InChI is InChI=1S/C10H15N.C4H10/c1-3-5-10-6-7-11-8-9(10)4-2;1-4(2)3/h3-5,11H,1,6-8H2,2H3;4H,1-3H3/b9-4-,10-5-;. The Kier molecular flexibility index (Phi) is 8.02. The van der Waals surface area contributed by atoms with Gasteiger partial charge in [0.05, 0.1) is 0 Å². The van der Waals surface area contributed by atoms with Crippen molar-refractivity contribution in [2.75, 3.05) is 13.1 Å². The van der Waals surface area contributed by atoms with Gasteiger partial charge in [0.2, 0.25) is 0 Å². The molecule has 86 valence electrons. The minimum atomic E-state index is 0.833. The van der Waals surface area contributed by atoms with Crippen LogP contribution in [0.5, 0.6) is 0 Å². The average molecular weight is 207 g/mol. The third-order valence-electron chi connectivity index (χ3n) is 1.97. The molecule has 0 atom stereocenters. The lowest BCUT2D eigenvalue weighted by atomic mass is 9.99. The van der Waals surface area contributed by atoms with Crippen molar-refractivity contribution in [1.29, 1.82) is 0 Å². The van der Waals surface area contributed by atoms with Gasteiger partial charge in [0.25, 0.3) is 0 Å². The summed E-state index contributed by atoms with van der Waals surface area (Å²) < 4.78 is 0. The van der Waals surface area contributed by atoms with Crippen LogP contribution in [0, 0.1) is 5.92 Å². The molecule has 0 spiro atoms. The van der Waals surface area contributed by atoms with E-state index in [0.717, 1.165) is 25.4 Å². The molecule has 0 aromatic heterocycles. The highest BCUT2D eigenvalue weighted by Gasteiger charge is 2.07. The minimum Gasteiger partial charge on any atom is -0.312 e. The van der Waals surface area contributed by atoms with Crippen molar-refractivity contribution in [2.45, 2.75) is 34.1 Å². The maximum absolute atomic E-state index is 3.70. The molecule has 1 aliphatic heterocycles. The summed E-state index contributed by atoms with van der Waals surface area (Å²) in [6, 6.07) is 0. The van der Waals surface area contributed by atoms with Crippen LogP contribution in [0.3, 0.4) is 0 Å². The van der Waals surface area contributed by atoms with Crippen molar-refractivity contribution in [3.05, 3.63) is 36.0 Å². The summed E-state index contributed by atoms with van der Waals surface area (Å²) in [5.41, 5.74) is 2.84. The molecule has 0 amide bonds. The number of piperidine rings is 1. The van der Waals surface area contributed by atoms with E-state index >= 15 is 0 Å². The van der Waals surface area contributed by atoms with Gasteiger partial charge in [0.1, 0.15) is 0 Å². The molecule has 1 heteroatoms. The fourth-order valence-corrected chi connectivity index (χ4v) is 1.34. The molecule has 0 aromatic rings. The molecule has 15 heavy (non-hydrogen) atoms. The van der Waals surface area contributed by atoms with Crippen LogP contribution in [0.2, 0.25) is 0 Å².